The van der Waals surface area contributed by atoms with E-state index in [0.29, 0.717) is 5.75 Å². The van der Waals surface area contributed by atoms with Crippen molar-refractivity contribution in [2.45, 2.75) is 38.9 Å². The van der Waals surface area contributed by atoms with Gasteiger partial charge < -0.3 is 4.43 Å². The fourth-order valence-corrected chi connectivity index (χ4v) is 2.13. The topological polar surface area (TPSA) is 52.4 Å². The summed E-state index contributed by atoms with van der Waals surface area (Å²) < 4.78 is 5.99. The first kappa shape index (κ1) is 13.7. The van der Waals surface area contributed by atoms with E-state index < -0.39 is 13.2 Å². The number of rotatable bonds is 3. The Balaban J connectivity index is 2.96. The molecule has 0 unspecified atom stereocenters. The Morgan fingerprint density at radius 2 is 1.88 bits per heavy atom. The van der Waals surface area contributed by atoms with Gasteiger partial charge in [0.05, 0.1) is 11.0 Å². The minimum absolute atomic E-state index is 0.0706. The molecule has 0 aromatic heterocycles. The smallest absolute Gasteiger partial charge is 0.273 e. The predicted octanol–water partition coefficient (Wildman–Crippen LogP) is 3.98. The van der Waals surface area contributed by atoms with Crippen molar-refractivity contribution in [3.05, 3.63) is 34.4 Å². The summed E-state index contributed by atoms with van der Waals surface area (Å²) >= 11 is 0. The van der Waals surface area contributed by atoms with Crippen LogP contribution in [-0.4, -0.2) is 13.2 Å². The van der Waals surface area contributed by atoms with Crippen LogP contribution < -0.4 is 4.43 Å². The molecule has 0 heterocycles. The number of hydrogen-bond acceptors (Lipinski definition) is 3. The number of nitro benzene ring substituents is 1. The molecule has 17 heavy (non-hydrogen) atoms. The van der Waals surface area contributed by atoms with E-state index in [9.17, 15) is 10.1 Å². The maximum Gasteiger partial charge on any atom is 0.273 e. The molecule has 0 aliphatic heterocycles. The van der Waals surface area contributed by atoms with Crippen LogP contribution >= 0.6 is 0 Å². The lowest BCUT2D eigenvalue weighted by molar-refractivity contribution is -0.384. The highest BCUT2D eigenvalue weighted by atomic mass is 28.4. The van der Waals surface area contributed by atoms with E-state index in [2.05, 4.69) is 33.9 Å². The first-order valence-corrected chi connectivity index (χ1v) is 8.48. The van der Waals surface area contributed by atoms with Crippen LogP contribution in [0.2, 0.25) is 18.1 Å². The lowest BCUT2D eigenvalue weighted by atomic mass is 10.2. The molecular weight excluding hydrogens is 234 g/mol. The first-order valence-electron chi connectivity index (χ1n) is 5.57. The van der Waals surface area contributed by atoms with Gasteiger partial charge in [-0.3, -0.25) is 10.1 Å². The van der Waals surface area contributed by atoms with E-state index in [0.717, 1.165) is 0 Å². The Bertz CT molecular complexity index is 424. The number of nitro groups is 1. The molecule has 0 saturated carbocycles. The van der Waals surface area contributed by atoms with Crippen LogP contribution in [0, 0.1) is 10.1 Å². The molecule has 0 fully saturated rings. The maximum absolute atomic E-state index is 10.7. The van der Waals surface area contributed by atoms with Crippen molar-refractivity contribution in [3.63, 3.8) is 0 Å². The number of nitrogens with zero attached hydrogens (tertiary/aromatic N) is 1. The van der Waals surface area contributed by atoms with Crippen molar-refractivity contribution < 1.29 is 9.35 Å². The molecule has 94 valence electrons. The van der Waals surface area contributed by atoms with Gasteiger partial charge in [-0.05, 0) is 24.2 Å². The van der Waals surface area contributed by atoms with Gasteiger partial charge in [0.1, 0.15) is 5.75 Å². The quantitative estimate of drug-likeness (QED) is 0.465. The molecular formula is C12H19NO3Si. The van der Waals surface area contributed by atoms with E-state index >= 15 is 0 Å². The SMILES string of the molecule is CC(C)(C)[Si](C)(C)Oc1cccc([N+](=O)[O-])c1. The highest BCUT2D eigenvalue weighted by molar-refractivity contribution is 6.74. The third-order valence-corrected chi connectivity index (χ3v) is 7.57. The zero-order valence-corrected chi connectivity index (χ0v) is 12.0. The number of hydrogen-bond donors (Lipinski definition) is 0. The van der Waals surface area contributed by atoms with Gasteiger partial charge in [-0.1, -0.05) is 26.8 Å². The molecule has 1 aromatic rings. The second-order valence-corrected chi connectivity index (χ2v) is 10.3. The van der Waals surface area contributed by atoms with Gasteiger partial charge in [0.25, 0.3) is 5.69 Å². The summed E-state index contributed by atoms with van der Waals surface area (Å²) in [5.74, 6) is 0.589. The summed E-state index contributed by atoms with van der Waals surface area (Å²) in [5, 5.41) is 10.8. The summed E-state index contributed by atoms with van der Waals surface area (Å²) in [5.41, 5.74) is 0.0706. The molecule has 0 saturated heterocycles. The summed E-state index contributed by atoms with van der Waals surface area (Å²) in [6.07, 6.45) is 0. The van der Waals surface area contributed by atoms with Gasteiger partial charge >= 0.3 is 0 Å². The number of non-ortho nitro benzene ring substituents is 1. The summed E-state index contributed by atoms with van der Waals surface area (Å²) in [6.45, 7) is 10.6. The lowest BCUT2D eigenvalue weighted by Crippen LogP contribution is -2.43. The maximum atomic E-state index is 10.7. The van der Waals surface area contributed by atoms with Crippen molar-refractivity contribution in [2.24, 2.45) is 0 Å². The number of benzene rings is 1. The van der Waals surface area contributed by atoms with Crippen molar-refractivity contribution in [1.82, 2.24) is 0 Å². The van der Waals surface area contributed by atoms with Crippen LogP contribution in [0.3, 0.4) is 0 Å². The van der Waals surface area contributed by atoms with Gasteiger partial charge in [0, 0.05) is 6.07 Å². The van der Waals surface area contributed by atoms with Crippen molar-refractivity contribution in [3.8, 4) is 5.75 Å². The molecule has 1 rings (SSSR count). The van der Waals surface area contributed by atoms with Gasteiger partial charge in [-0.2, -0.15) is 0 Å². The molecule has 0 N–H and O–H groups in total. The van der Waals surface area contributed by atoms with E-state index in [-0.39, 0.29) is 10.7 Å². The average Bonchev–Trinajstić information content (AvgIpc) is 2.15. The fourth-order valence-electron chi connectivity index (χ4n) is 1.11. The standard InChI is InChI=1S/C12H19NO3Si/c1-12(2,3)17(4,5)16-11-8-6-7-10(9-11)13(14)15/h6-9H,1-5H3. The zero-order valence-electron chi connectivity index (χ0n) is 11.0. The average molecular weight is 253 g/mol. The molecule has 0 radical (unpaired) electrons. The van der Waals surface area contributed by atoms with E-state index in [4.69, 9.17) is 4.43 Å². The molecule has 0 bridgehead atoms. The van der Waals surface area contributed by atoms with Gasteiger partial charge in [0.15, 0.2) is 0 Å². The third-order valence-electron chi connectivity index (χ3n) is 3.21. The Morgan fingerprint density at radius 1 is 1.29 bits per heavy atom. The first-order chi connectivity index (χ1) is 7.63. The van der Waals surface area contributed by atoms with E-state index in [1.165, 1.54) is 12.1 Å². The molecule has 0 aliphatic rings. The van der Waals surface area contributed by atoms with Crippen LogP contribution in [-0.2, 0) is 0 Å². The normalized spacial score (nSPS) is 12.3. The Kier molecular flexibility index (Phi) is 3.61. The van der Waals surface area contributed by atoms with Gasteiger partial charge in [-0.15, -0.1) is 0 Å². The lowest BCUT2D eigenvalue weighted by Gasteiger charge is -2.36. The zero-order chi connectivity index (χ0) is 13.3. The molecule has 0 aliphatic carbocycles. The second kappa shape index (κ2) is 4.48. The highest BCUT2D eigenvalue weighted by Gasteiger charge is 2.39. The summed E-state index contributed by atoms with van der Waals surface area (Å²) in [6, 6.07) is 6.38. The third kappa shape index (κ3) is 3.29. The van der Waals surface area contributed by atoms with Crippen molar-refractivity contribution in [2.75, 3.05) is 0 Å². The minimum Gasteiger partial charge on any atom is -0.543 e. The van der Waals surface area contributed by atoms with Crippen LogP contribution in [0.4, 0.5) is 5.69 Å². The van der Waals surface area contributed by atoms with E-state index in [1.54, 1.807) is 12.1 Å². The fraction of sp³-hybridized carbons (Fsp3) is 0.500. The highest BCUT2D eigenvalue weighted by Crippen LogP contribution is 2.37. The minimum atomic E-state index is -1.93. The van der Waals surface area contributed by atoms with Crippen LogP contribution in [0.25, 0.3) is 0 Å². The Hall–Kier alpha value is -1.36. The summed E-state index contributed by atoms with van der Waals surface area (Å²) in [7, 11) is -1.93. The van der Waals surface area contributed by atoms with Crippen LogP contribution in [0.5, 0.6) is 5.75 Å². The molecule has 0 spiro atoms. The van der Waals surface area contributed by atoms with Crippen molar-refractivity contribution in [1.29, 1.82) is 0 Å². The van der Waals surface area contributed by atoms with Gasteiger partial charge in [0.2, 0.25) is 8.32 Å². The Labute approximate surface area is 103 Å². The van der Waals surface area contributed by atoms with E-state index in [1.807, 2.05) is 0 Å². The summed E-state index contributed by atoms with van der Waals surface area (Å²) in [4.78, 5) is 10.3. The molecule has 1 aromatic carbocycles. The molecule has 5 heteroatoms. The second-order valence-electron chi connectivity index (χ2n) is 5.62. The largest absolute Gasteiger partial charge is 0.543 e. The van der Waals surface area contributed by atoms with Crippen molar-refractivity contribution >= 4 is 14.0 Å². The van der Waals surface area contributed by atoms with Crippen LogP contribution in [0.15, 0.2) is 24.3 Å². The van der Waals surface area contributed by atoms with Crippen LogP contribution in [0.1, 0.15) is 20.8 Å². The molecule has 0 amide bonds. The predicted molar refractivity (Wildman–Crippen MR) is 70.9 cm³/mol. The monoisotopic (exact) mass is 253 g/mol. The molecule has 4 nitrogen and oxygen atoms in total. The molecule has 0 atom stereocenters. The van der Waals surface area contributed by atoms with Gasteiger partial charge in [-0.25, -0.2) is 0 Å². The Morgan fingerprint density at radius 3 is 2.35 bits per heavy atom.